The van der Waals surface area contributed by atoms with E-state index < -0.39 is 26.4 Å². The van der Waals surface area contributed by atoms with Crippen molar-refractivity contribution in [3.63, 3.8) is 0 Å². The van der Waals surface area contributed by atoms with E-state index in [1.54, 1.807) is 0 Å². The first kappa shape index (κ1) is 19.2. The fourth-order valence-corrected chi connectivity index (χ4v) is 3.27. The zero-order chi connectivity index (χ0) is 19.3. The monoisotopic (exact) mass is 380 g/mol. The lowest BCUT2D eigenvalue weighted by atomic mass is 10.2. The van der Waals surface area contributed by atoms with Crippen molar-refractivity contribution >= 4 is 27.1 Å². The highest BCUT2D eigenvalue weighted by atomic mass is 32.2. The minimum Gasteiger partial charge on any atom is -0.497 e. The summed E-state index contributed by atoms with van der Waals surface area (Å²) in [5.74, 6) is -1.02. The Labute approximate surface area is 149 Å². The summed E-state index contributed by atoms with van der Waals surface area (Å²) < 4.78 is 34.6. The second-order valence-electron chi connectivity index (χ2n) is 5.12. The quantitative estimate of drug-likeness (QED) is 0.575. The van der Waals surface area contributed by atoms with Crippen LogP contribution in [0.2, 0.25) is 0 Å². The molecule has 2 aromatic carbocycles. The Kier molecular flexibility index (Phi) is 5.78. The fourth-order valence-electron chi connectivity index (χ4n) is 2.13. The van der Waals surface area contributed by atoms with Crippen LogP contribution in [0.15, 0.2) is 47.4 Å². The first-order valence-electron chi connectivity index (χ1n) is 7.26. The molecule has 1 N–H and O–H groups in total. The van der Waals surface area contributed by atoms with Crippen LogP contribution in [0.3, 0.4) is 0 Å². The van der Waals surface area contributed by atoms with Crippen LogP contribution in [0, 0.1) is 10.1 Å². The molecule has 9 nitrogen and oxygen atoms in total. The molecule has 10 heteroatoms. The van der Waals surface area contributed by atoms with Crippen LogP contribution < -0.4 is 14.8 Å². The molecule has 0 fully saturated rings. The first-order valence-corrected chi connectivity index (χ1v) is 8.91. The second kappa shape index (κ2) is 7.83. The van der Waals surface area contributed by atoms with Crippen LogP contribution in [-0.2, 0) is 14.6 Å². The van der Waals surface area contributed by atoms with Crippen molar-refractivity contribution in [2.75, 3.05) is 25.3 Å². The number of carbonyl (C=O) groups is 1. The Bertz CT molecular complexity index is 924. The number of anilines is 1. The lowest BCUT2D eigenvalue weighted by Crippen LogP contribution is -2.23. The number of rotatable bonds is 7. The Morgan fingerprint density at radius 1 is 1.12 bits per heavy atom. The number of nitro benzene ring substituents is 1. The Balaban J connectivity index is 2.19. The van der Waals surface area contributed by atoms with Crippen LogP contribution in [0.5, 0.6) is 11.5 Å². The third kappa shape index (κ3) is 4.48. The number of sulfone groups is 1. The smallest absolute Gasteiger partial charge is 0.271 e. The summed E-state index contributed by atoms with van der Waals surface area (Å²) in [5.41, 5.74) is -0.254. The van der Waals surface area contributed by atoms with Crippen molar-refractivity contribution in [2.45, 2.75) is 4.90 Å². The number of carbonyl (C=O) groups excluding carboxylic acids is 1. The predicted molar refractivity (Wildman–Crippen MR) is 93.3 cm³/mol. The molecule has 0 aromatic heterocycles. The molecule has 2 rings (SSSR count). The summed E-state index contributed by atoms with van der Waals surface area (Å²) in [6.07, 6.45) is 0. The van der Waals surface area contributed by atoms with Crippen LogP contribution in [-0.4, -0.2) is 39.2 Å². The molecular weight excluding hydrogens is 364 g/mol. The van der Waals surface area contributed by atoms with Crippen molar-refractivity contribution < 1.29 is 27.6 Å². The molecule has 26 heavy (non-hydrogen) atoms. The topological polar surface area (TPSA) is 125 Å². The van der Waals surface area contributed by atoms with E-state index in [1.165, 1.54) is 50.6 Å². The Hall–Kier alpha value is -3.14. The molecule has 0 saturated carbocycles. The van der Waals surface area contributed by atoms with Gasteiger partial charge in [-0.3, -0.25) is 14.9 Å². The van der Waals surface area contributed by atoms with Gasteiger partial charge >= 0.3 is 0 Å². The molecule has 0 unspecified atom stereocenters. The minimum atomic E-state index is -3.89. The summed E-state index contributed by atoms with van der Waals surface area (Å²) in [5, 5.41) is 13.2. The van der Waals surface area contributed by atoms with Crippen LogP contribution >= 0.6 is 0 Å². The predicted octanol–water partition coefficient (Wildman–Crippen LogP) is 2.02. The summed E-state index contributed by atoms with van der Waals surface area (Å²) in [4.78, 5) is 22.3. The number of benzene rings is 2. The summed E-state index contributed by atoms with van der Waals surface area (Å²) >= 11 is 0. The van der Waals surface area contributed by atoms with Gasteiger partial charge in [-0.2, -0.15) is 0 Å². The molecule has 0 atom stereocenters. The lowest BCUT2D eigenvalue weighted by Gasteiger charge is -2.10. The zero-order valence-electron chi connectivity index (χ0n) is 14.0. The summed E-state index contributed by atoms with van der Waals surface area (Å²) in [6.45, 7) is 0. The molecule has 0 radical (unpaired) electrons. The Morgan fingerprint density at radius 2 is 1.77 bits per heavy atom. The lowest BCUT2D eigenvalue weighted by molar-refractivity contribution is -0.384. The molecule has 1 amide bonds. The minimum absolute atomic E-state index is 0.0108. The number of non-ortho nitro benzene ring substituents is 1. The number of nitrogens with zero attached hydrogens (tertiary/aromatic N) is 1. The molecule has 0 saturated heterocycles. The van der Waals surface area contributed by atoms with Gasteiger partial charge in [0.2, 0.25) is 5.91 Å². The average molecular weight is 380 g/mol. The van der Waals surface area contributed by atoms with E-state index in [1.807, 2.05) is 0 Å². The van der Waals surface area contributed by atoms with Crippen molar-refractivity contribution in [1.82, 2.24) is 0 Å². The van der Waals surface area contributed by atoms with Gasteiger partial charge in [-0.15, -0.1) is 0 Å². The highest BCUT2D eigenvalue weighted by molar-refractivity contribution is 7.92. The van der Waals surface area contributed by atoms with Gasteiger partial charge in [-0.05, 0) is 30.3 Å². The standard InChI is InChI=1S/C16H16N2O7S/c1-24-12-4-6-13(7-5-12)26(22,23)10-16(19)17-14-9-11(18(20)21)3-8-15(14)25-2/h3-9H,10H2,1-2H3,(H,17,19). The van der Waals surface area contributed by atoms with Crippen molar-refractivity contribution in [2.24, 2.45) is 0 Å². The molecule has 0 spiro atoms. The summed E-state index contributed by atoms with van der Waals surface area (Å²) in [7, 11) is -1.12. The van der Waals surface area contributed by atoms with Crippen molar-refractivity contribution in [1.29, 1.82) is 0 Å². The number of hydrogen-bond donors (Lipinski definition) is 1. The van der Waals surface area contributed by atoms with Crippen LogP contribution in [0.1, 0.15) is 0 Å². The van der Waals surface area contributed by atoms with Crippen molar-refractivity contribution in [3.8, 4) is 11.5 Å². The highest BCUT2D eigenvalue weighted by Crippen LogP contribution is 2.29. The largest absolute Gasteiger partial charge is 0.497 e. The highest BCUT2D eigenvalue weighted by Gasteiger charge is 2.21. The maximum atomic E-state index is 12.3. The number of nitrogens with one attached hydrogen (secondary N) is 1. The van der Waals surface area contributed by atoms with E-state index in [4.69, 9.17) is 9.47 Å². The molecule has 0 aliphatic carbocycles. The van der Waals surface area contributed by atoms with Crippen molar-refractivity contribution in [3.05, 3.63) is 52.6 Å². The first-order chi connectivity index (χ1) is 12.3. The summed E-state index contributed by atoms with van der Waals surface area (Å²) in [6, 6.07) is 9.21. The van der Waals surface area contributed by atoms with Gasteiger partial charge in [-0.1, -0.05) is 0 Å². The third-order valence-corrected chi connectivity index (χ3v) is 5.04. The van der Waals surface area contributed by atoms with E-state index in [0.717, 1.165) is 6.07 Å². The fraction of sp³-hybridized carbons (Fsp3) is 0.188. The van der Waals surface area contributed by atoms with Gasteiger partial charge in [-0.25, -0.2) is 8.42 Å². The zero-order valence-corrected chi connectivity index (χ0v) is 14.8. The van der Waals surface area contributed by atoms with E-state index in [0.29, 0.717) is 5.75 Å². The molecule has 2 aromatic rings. The molecule has 138 valence electrons. The molecule has 0 bridgehead atoms. The van der Waals surface area contributed by atoms with Gasteiger partial charge in [0.25, 0.3) is 5.69 Å². The van der Waals surface area contributed by atoms with E-state index >= 15 is 0 Å². The number of ether oxygens (including phenoxy) is 2. The molecule has 0 aliphatic heterocycles. The third-order valence-electron chi connectivity index (χ3n) is 3.41. The van der Waals surface area contributed by atoms with Gasteiger partial charge in [0.05, 0.1) is 29.7 Å². The molecular formula is C16H16N2O7S. The van der Waals surface area contributed by atoms with Gasteiger partial charge in [0.15, 0.2) is 9.84 Å². The second-order valence-corrected chi connectivity index (χ2v) is 7.11. The molecule has 0 aliphatic rings. The van der Waals surface area contributed by atoms with Crippen LogP contribution in [0.4, 0.5) is 11.4 Å². The molecule has 0 heterocycles. The number of hydrogen-bond acceptors (Lipinski definition) is 7. The Morgan fingerprint density at radius 3 is 2.31 bits per heavy atom. The van der Waals surface area contributed by atoms with E-state index in [9.17, 15) is 23.3 Å². The van der Waals surface area contributed by atoms with E-state index in [-0.39, 0.29) is 22.0 Å². The van der Waals surface area contributed by atoms with Gasteiger partial charge in [0.1, 0.15) is 17.3 Å². The average Bonchev–Trinajstić information content (AvgIpc) is 2.61. The van der Waals surface area contributed by atoms with Gasteiger partial charge < -0.3 is 14.8 Å². The maximum Gasteiger partial charge on any atom is 0.271 e. The SMILES string of the molecule is COc1ccc(S(=O)(=O)CC(=O)Nc2cc([N+](=O)[O-])ccc2OC)cc1. The van der Waals surface area contributed by atoms with Gasteiger partial charge in [0, 0.05) is 12.1 Å². The number of nitro groups is 1. The normalized spacial score (nSPS) is 10.8. The maximum absolute atomic E-state index is 12.3. The number of methoxy groups -OCH3 is 2. The van der Waals surface area contributed by atoms with Crippen LogP contribution in [0.25, 0.3) is 0 Å². The van der Waals surface area contributed by atoms with E-state index in [2.05, 4.69) is 5.32 Å². The number of amides is 1.